The van der Waals surface area contributed by atoms with Gasteiger partial charge in [0.15, 0.2) is 43.3 Å². The topological polar surface area (TPSA) is 287 Å². The summed E-state index contributed by atoms with van der Waals surface area (Å²) in [4.78, 5) is 92.1. The third-order valence-corrected chi connectivity index (χ3v) is 25.2. The molecule has 14 aromatic carbocycles. The van der Waals surface area contributed by atoms with Crippen LogP contribution in [0.2, 0.25) is 0 Å². The maximum atomic E-state index is 16.3. The van der Waals surface area contributed by atoms with Crippen LogP contribution in [0.15, 0.2) is 406 Å². The van der Waals surface area contributed by atoms with Crippen molar-refractivity contribution in [2.75, 3.05) is 33.0 Å². The summed E-state index contributed by atoms with van der Waals surface area (Å²) in [7, 11) is 0. The van der Waals surface area contributed by atoms with E-state index in [0.717, 1.165) is 27.5 Å². The third-order valence-electron chi connectivity index (χ3n) is 25.2. The summed E-state index contributed by atoms with van der Waals surface area (Å²) in [5.41, 5.74) is 5.73. The fraction of sp³-hybridized carbons (Fsp3) is 0.261. The van der Waals surface area contributed by atoms with Crippen molar-refractivity contribution in [3.05, 3.63) is 479 Å². The molecular weight excluding hydrogens is 1850 g/mol. The predicted octanol–water partition coefficient (Wildman–Crippen LogP) is 18.8. The minimum absolute atomic E-state index is 0.0153. The minimum atomic E-state index is -2.07. The van der Waals surface area contributed by atoms with Crippen LogP contribution in [0, 0.1) is 0 Å². The number of carbonyl (C=O) groups excluding carboxylic acids is 6. The van der Waals surface area contributed by atoms with Crippen molar-refractivity contribution < 1.29 is 124 Å². The Kier molecular flexibility index (Phi) is 35.6. The molecule has 0 radical (unpaired) electrons. The van der Waals surface area contributed by atoms with Gasteiger partial charge in [-0.1, -0.05) is 328 Å². The lowest BCUT2D eigenvalue weighted by molar-refractivity contribution is -0.393. The van der Waals surface area contributed by atoms with Gasteiger partial charge in [-0.25, -0.2) is 28.8 Å². The van der Waals surface area contributed by atoms with Crippen LogP contribution in [-0.2, 0) is 141 Å². The average Bonchev–Trinajstić information content (AvgIpc) is 0.766. The summed E-state index contributed by atoms with van der Waals surface area (Å²) in [6.07, 6.45) is -30.9. The summed E-state index contributed by atoms with van der Waals surface area (Å²) in [5, 5.41) is 1.84. The van der Waals surface area contributed by atoms with Crippen molar-refractivity contribution in [1.29, 1.82) is 0 Å². The molecule has 18 rings (SSSR count). The monoisotopic (exact) mass is 1950 g/mol. The molecule has 742 valence electrons. The Morgan fingerprint density at radius 2 is 0.483 bits per heavy atom. The molecule has 0 spiro atoms. The fourth-order valence-corrected chi connectivity index (χ4v) is 17.8. The molecule has 26 heteroatoms. The minimum Gasteiger partial charge on any atom is -0.459 e. The van der Waals surface area contributed by atoms with E-state index in [0.29, 0.717) is 22.3 Å². The molecule has 0 N–H and O–H groups in total. The number of ether oxygens (including phenoxy) is 20. The van der Waals surface area contributed by atoms with E-state index < -0.39 is 166 Å². The number of esters is 6. The van der Waals surface area contributed by atoms with Crippen molar-refractivity contribution in [3.8, 4) is 0 Å². The van der Waals surface area contributed by atoms with Gasteiger partial charge in [-0.3, -0.25) is 0 Å². The number of carbonyl (C=O) groups is 6. The third kappa shape index (κ3) is 27.4. The maximum absolute atomic E-state index is 16.3. The number of hydrogen-bond acceptors (Lipinski definition) is 26. The van der Waals surface area contributed by atoms with Gasteiger partial charge in [0.2, 0.25) is 0 Å². The summed E-state index contributed by atoms with van der Waals surface area (Å²) < 4.78 is 144. The molecule has 4 heterocycles. The van der Waals surface area contributed by atoms with Gasteiger partial charge < -0.3 is 94.7 Å². The smallest absolute Gasteiger partial charge is 0.338 e. The van der Waals surface area contributed by atoms with Gasteiger partial charge in [-0.15, -0.1) is 0 Å². The number of fused-ring (bicyclic) bond motifs is 1. The molecule has 0 aliphatic carbocycles. The quantitative estimate of drug-likeness (QED) is 0.0253. The van der Waals surface area contributed by atoms with Crippen molar-refractivity contribution in [2.45, 2.75) is 163 Å². The molecular formula is C119H110O26. The molecule has 4 aliphatic heterocycles. The molecule has 16 unspecified atom stereocenters. The Morgan fingerprint density at radius 1 is 0.214 bits per heavy atom. The SMILES string of the molecule is O=C(OCC1OC(OC2C(OC(=O)c3ccccc3)[C@H](OC3C(OC(=O)c4ccccc4)C(COC(=O)c4ccccc4)OC(OC4C(OC(=O)c5ccccc5)COC(COCc5ccccc5)[C@@H]4OCc4ccccc4)C3OCc3ccccc3)OC(COCc3ccccc3)[C@@H]2OCc2ccccc2)C(OCc2ccccc2)C(OCc2ccc3ccccc3c2)C1OC(=O)c1ccccc1)c1ccccc1. The van der Waals surface area contributed by atoms with E-state index in [1.807, 2.05) is 224 Å². The Bertz CT molecular complexity index is 6380. The zero-order valence-corrected chi connectivity index (χ0v) is 79.3. The number of benzene rings is 14. The highest BCUT2D eigenvalue weighted by atomic mass is 16.8. The first-order valence-corrected chi connectivity index (χ1v) is 48.4. The Hall–Kier alpha value is -14.4. The molecule has 4 aliphatic rings. The summed E-state index contributed by atoms with van der Waals surface area (Å²) in [5.74, 6) is -5.05. The van der Waals surface area contributed by atoms with E-state index in [1.54, 1.807) is 182 Å². The van der Waals surface area contributed by atoms with Crippen LogP contribution in [-0.4, -0.2) is 185 Å². The normalized spacial score (nSPS) is 23.4. The molecule has 26 nitrogen and oxygen atoms in total. The Labute approximate surface area is 840 Å². The largest absolute Gasteiger partial charge is 0.459 e. The van der Waals surface area contributed by atoms with E-state index in [4.69, 9.17) is 94.7 Å². The van der Waals surface area contributed by atoms with Crippen molar-refractivity contribution in [1.82, 2.24) is 0 Å². The molecule has 4 fully saturated rings. The van der Waals surface area contributed by atoms with Crippen LogP contribution in [0.1, 0.15) is 101 Å². The number of hydrogen-bond donors (Lipinski definition) is 0. The van der Waals surface area contributed by atoms with Crippen LogP contribution >= 0.6 is 0 Å². The highest BCUT2D eigenvalue weighted by molar-refractivity contribution is 5.92. The fourth-order valence-electron chi connectivity index (χ4n) is 17.8. The van der Waals surface area contributed by atoms with Gasteiger partial charge in [0.25, 0.3) is 0 Å². The molecule has 0 saturated carbocycles. The van der Waals surface area contributed by atoms with Crippen molar-refractivity contribution in [3.63, 3.8) is 0 Å². The zero-order valence-electron chi connectivity index (χ0n) is 79.3. The highest BCUT2D eigenvalue weighted by Crippen LogP contribution is 2.42. The van der Waals surface area contributed by atoms with Crippen LogP contribution in [0.4, 0.5) is 0 Å². The first kappa shape index (κ1) is 101. The lowest BCUT2D eigenvalue weighted by Crippen LogP contribution is -2.69. The molecule has 19 atom stereocenters. The van der Waals surface area contributed by atoms with Gasteiger partial charge in [0.1, 0.15) is 86.5 Å². The summed E-state index contributed by atoms with van der Waals surface area (Å²) in [6.45, 7) is -2.90. The predicted molar refractivity (Wildman–Crippen MR) is 531 cm³/mol. The summed E-state index contributed by atoms with van der Waals surface area (Å²) in [6, 6.07) is 119. The van der Waals surface area contributed by atoms with Crippen LogP contribution in [0.5, 0.6) is 0 Å². The van der Waals surface area contributed by atoms with E-state index in [2.05, 4.69) is 0 Å². The van der Waals surface area contributed by atoms with Crippen LogP contribution in [0.25, 0.3) is 10.8 Å². The first-order chi connectivity index (χ1) is 71.4. The molecule has 0 amide bonds. The lowest BCUT2D eigenvalue weighted by atomic mass is 9.94. The van der Waals surface area contributed by atoms with Gasteiger partial charge in [-0.2, -0.15) is 0 Å². The van der Waals surface area contributed by atoms with Crippen molar-refractivity contribution in [2.24, 2.45) is 0 Å². The van der Waals surface area contributed by atoms with E-state index in [1.165, 1.54) is 0 Å². The zero-order chi connectivity index (χ0) is 99.1. The summed E-state index contributed by atoms with van der Waals surface area (Å²) >= 11 is 0. The van der Waals surface area contributed by atoms with E-state index in [9.17, 15) is 9.59 Å². The highest BCUT2D eigenvalue weighted by Gasteiger charge is 2.61. The lowest BCUT2D eigenvalue weighted by Gasteiger charge is -2.52. The molecule has 0 aromatic heterocycles. The molecule has 14 aromatic rings. The van der Waals surface area contributed by atoms with Crippen LogP contribution < -0.4 is 0 Å². The van der Waals surface area contributed by atoms with Gasteiger partial charge in [0, 0.05) is 0 Å². The standard InChI is InChI=1S/C119H110O26/c120-111(88-52-25-7-26-53-88)134-78-98-103(140-114(123)91-58-31-10-32-59-91)105(131-74-86-65-66-87-51-37-38-64-94(87)67-86)108(132-72-84-47-21-5-22-48-84)117(138-98)144-106-101(130-71-83-45-19-4-20-46-83)96(76-127-69-81-41-15-2-16-42-81)137-119(110(106)142-116(125)93-62-35-12-36-63-93)145-107-104(141-115(124)92-60-33-11-34-61-92)99(79-135-112(121)89-54-27-8-28-55-89)139-118(109(107)133-73-85-49-23-6-24-50-85)143-102-97(136-113(122)90-56-29-9-30-57-90)77-128-95(75-126-68-80-39-13-1-14-40-80)100(102)129-70-82-43-17-3-18-44-82/h1-67,95-110,117-119H,68-79H2/t95?,96?,97?,98?,99?,100-,101-,102?,103?,104?,105?,106?,107?,108?,109?,110?,117?,118?,119-/m0/s1. The van der Waals surface area contributed by atoms with E-state index in [-0.39, 0.29) is 99.4 Å². The second kappa shape index (κ2) is 51.2. The second-order valence-electron chi connectivity index (χ2n) is 35.3. The number of rotatable bonds is 43. The van der Waals surface area contributed by atoms with Crippen LogP contribution in [0.3, 0.4) is 0 Å². The Balaban J connectivity index is 0.834. The second-order valence-corrected chi connectivity index (χ2v) is 35.3. The van der Waals surface area contributed by atoms with E-state index >= 15 is 19.2 Å². The molecule has 145 heavy (non-hydrogen) atoms. The van der Waals surface area contributed by atoms with Gasteiger partial charge >= 0.3 is 35.8 Å². The average molecular weight is 1960 g/mol. The molecule has 4 saturated heterocycles. The van der Waals surface area contributed by atoms with Gasteiger partial charge in [0.05, 0.1) is 99.4 Å². The maximum Gasteiger partial charge on any atom is 0.338 e. The molecule has 0 bridgehead atoms. The first-order valence-electron chi connectivity index (χ1n) is 48.4. The van der Waals surface area contributed by atoms with Crippen molar-refractivity contribution >= 4 is 46.6 Å². The Morgan fingerprint density at radius 3 is 0.876 bits per heavy atom. The van der Waals surface area contributed by atoms with Gasteiger partial charge in [-0.05, 0) is 129 Å².